The average molecular weight is 416 g/mol. The fraction of sp³-hybridized carbons (Fsp3) is 0.308. The fourth-order valence-corrected chi connectivity index (χ4v) is 4.43. The van der Waals surface area contributed by atoms with Crippen LogP contribution < -0.4 is 10.6 Å². The van der Waals surface area contributed by atoms with E-state index in [0.29, 0.717) is 12.2 Å². The van der Waals surface area contributed by atoms with Crippen molar-refractivity contribution in [3.05, 3.63) is 77.4 Å². The molecule has 1 aliphatic rings. The van der Waals surface area contributed by atoms with Crippen LogP contribution in [0.25, 0.3) is 10.8 Å². The van der Waals surface area contributed by atoms with E-state index in [-0.39, 0.29) is 6.04 Å². The predicted octanol–water partition coefficient (Wildman–Crippen LogP) is 4.35. The monoisotopic (exact) mass is 415 g/mol. The fourth-order valence-electron chi connectivity index (χ4n) is 4.43. The number of anilines is 1. The van der Waals surface area contributed by atoms with E-state index >= 15 is 0 Å². The van der Waals surface area contributed by atoms with Crippen LogP contribution in [-0.2, 0) is 9.59 Å². The van der Waals surface area contributed by atoms with E-state index in [4.69, 9.17) is 0 Å². The summed E-state index contributed by atoms with van der Waals surface area (Å²) in [6, 6.07) is 20.4. The van der Waals surface area contributed by atoms with Crippen molar-refractivity contribution in [2.24, 2.45) is 0 Å². The Bertz CT molecular complexity index is 1100. The van der Waals surface area contributed by atoms with Gasteiger partial charge in [-0.05, 0) is 67.7 Å². The minimum absolute atomic E-state index is 0.0338. The Morgan fingerprint density at radius 1 is 0.935 bits per heavy atom. The molecule has 2 amide bonds. The Morgan fingerprint density at radius 3 is 2.45 bits per heavy atom. The molecule has 0 aromatic heterocycles. The summed E-state index contributed by atoms with van der Waals surface area (Å²) in [5, 5.41) is 7.99. The minimum atomic E-state index is -0.634. The molecule has 31 heavy (non-hydrogen) atoms. The Labute approximate surface area is 183 Å². The molecule has 0 saturated carbocycles. The number of amides is 2. The quantitative estimate of drug-likeness (QED) is 0.609. The lowest BCUT2D eigenvalue weighted by Crippen LogP contribution is -2.41. The van der Waals surface area contributed by atoms with E-state index in [1.807, 2.05) is 44.2 Å². The number of likely N-dealkylation sites (tertiary alicyclic amines) is 1. The highest BCUT2D eigenvalue weighted by Gasteiger charge is 2.26. The van der Waals surface area contributed by atoms with E-state index in [1.165, 1.54) is 16.3 Å². The maximum absolute atomic E-state index is 12.6. The third-order valence-electron chi connectivity index (χ3n) is 6.06. The van der Waals surface area contributed by atoms with Crippen molar-refractivity contribution in [1.29, 1.82) is 0 Å². The van der Waals surface area contributed by atoms with Crippen LogP contribution in [-0.4, -0.2) is 36.3 Å². The number of carbonyl (C=O) groups excluding carboxylic acids is 2. The molecule has 1 aliphatic heterocycles. The van der Waals surface area contributed by atoms with Crippen LogP contribution in [0.15, 0.2) is 60.7 Å². The highest BCUT2D eigenvalue weighted by atomic mass is 16.2. The molecular weight excluding hydrogens is 386 g/mol. The van der Waals surface area contributed by atoms with Crippen molar-refractivity contribution >= 4 is 28.3 Å². The zero-order valence-electron chi connectivity index (χ0n) is 18.2. The second kappa shape index (κ2) is 9.31. The molecule has 4 rings (SSSR count). The number of carbonyl (C=O) groups is 2. The van der Waals surface area contributed by atoms with E-state index in [2.05, 4.69) is 45.9 Å². The van der Waals surface area contributed by atoms with Crippen LogP contribution in [0.1, 0.15) is 35.6 Å². The maximum Gasteiger partial charge on any atom is 0.313 e. The van der Waals surface area contributed by atoms with Crippen LogP contribution in [0.3, 0.4) is 0 Å². The molecule has 1 fully saturated rings. The van der Waals surface area contributed by atoms with Gasteiger partial charge in [-0.15, -0.1) is 0 Å². The number of nitrogens with zero attached hydrogens (tertiary/aromatic N) is 1. The van der Waals surface area contributed by atoms with Gasteiger partial charge in [0, 0.05) is 12.2 Å². The van der Waals surface area contributed by atoms with E-state index in [1.54, 1.807) is 0 Å². The first-order chi connectivity index (χ1) is 15.0. The molecule has 1 saturated heterocycles. The van der Waals surface area contributed by atoms with Gasteiger partial charge in [-0.25, -0.2) is 0 Å². The molecule has 0 bridgehead atoms. The summed E-state index contributed by atoms with van der Waals surface area (Å²) in [6.45, 7) is 6.31. The summed E-state index contributed by atoms with van der Waals surface area (Å²) in [4.78, 5) is 27.5. The smallest absolute Gasteiger partial charge is 0.313 e. The molecule has 160 valence electrons. The van der Waals surface area contributed by atoms with Gasteiger partial charge in [0.2, 0.25) is 0 Å². The van der Waals surface area contributed by atoms with Crippen molar-refractivity contribution in [1.82, 2.24) is 10.2 Å². The van der Waals surface area contributed by atoms with E-state index < -0.39 is 11.8 Å². The Morgan fingerprint density at radius 2 is 1.68 bits per heavy atom. The molecule has 3 aromatic carbocycles. The lowest BCUT2D eigenvalue weighted by Gasteiger charge is -2.29. The van der Waals surface area contributed by atoms with Gasteiger partial charge in [-0.1, -0.05) is 60.2 Å². The predicted molar refractivity (Wildman–Crippen MR) is 125 cm³/mol. The standard InChI is InChI=1S/C26H29N3O2/c1-18-12-13-23(19(2)16-18)28-26(31)25(30)27-17-24(29-14-5-6-15-29)22-11-7-9-20-8-3-4-10-21(20)22/h3-4,7-13,16,24H,5-6,14-15,17H2,1-2H3,(H,27,30)(H,28,31)/t24-/m1/s1. The summed E-state index contributed by atoms with van der Waals surface area (Å²) in [6.07, 6.45) is 2.31. The normalized spacial score (nSPS) is 15.0. The molecule has 2 N–H and O–H groups in total. The number of rotatable bonds is 5. The molecule has 0 aliphatic carbocycles. The van der Waals surface area contributed by atoms with Gasteiger partial charge in [-0.3, -0.25) is 14.5 Å². The number of hydrogen-bond acceptors (Lipinski definition) is 3. The summed E-state index contributed by atoms with van der Waals surface area (Å²) < 4.78 is 0. The second-order valence-corrected chi connectivity index (χ2v) is 8.31. The van der Waals surface area contributed by atoms with Crippen LogP contribution in [0.4, 0.5) is 5.69 Å². The molecule has 0 unspecified atom stereocenters. The van der Waals surface area contributed by atoms with Gasteiger partial charge in [0.1, 0.15) is 0 Å². The lowest BCUT2D eigenvalue weighted by atomic mass is 9.97. The van der Waals surface area contributed by atoms with Crippen molar-refractivity contribution in [2.45, 2.75) is 32.7 Å². The SMILES string of the molecule is Cc1ccc(NC(=O)C(=O)NC[C@H](c2cccc3ccccc23)N2CCCC2)c(C)c1. The Hall–Kier alpha value is -3.18. The Balaban J connectivity index is 1.50. The van der Waals surface area contributed by atoms with E-state index in [9.17, 15) is 9.59 Å². The first-order valence-electron chi connectivity index (χ1n) is 10.9. The first kappa shape index (κ1) is 21.1. The highest BCUT2D eigenvalue weighted by molar-refractivity contribution is 6.39. The number of benzene rings is 3. The van der Waals surface area contributed by atoms with Crippen LogP contribution in [0.2, 0.25) is 0 Å². The van der Waals surface area contributed by atoms with Crippen molar-refractivity contribution < 1.29 is 9.59 Å². The van der Waals surface area contributed by atoms with Gasteiger partial charge in [0.25, 0.3) is 0 Å². The largest absolute Gasteiger partial charge is 0.346 e. The average Bonchev–Trinajstić information content (AvgIpc) is 3.30. The van der Waals surface area contributed by atoms with Crippen LogP contribution >= 0.6 is 0 Å². The van der Waals surface area contributed by atoms with Crippen molar-refractivity contribution in [3.8, 4) is 0 Å². The van der Waals surface area contributed by atoms with Gasteiger partial charge < -0.3 is 10.6 Å². The summed E-state index contributed by atoms with van der Waals surface area (Å²) in [7, 11) is 0. The number of hydrogen-bond donors (Lipinski definition) is 2. The number of fused-ring (bicyclic) bond motifs is 1. The van der Waals surface area contributed by atoms with Crippen LogP contribution in [0, 0.1) is 13.8 Å². The molecule has 5 heteroatoms. The highest BCUT2D eigenvalue weighted by Crippen LogP contribution is 2.30. The summed E-state index contributed by atoms with van der Waals surface area (Å²) in [5.41, 5.74) is 3.90. The molecule has 0 spiro atoms. The van der Waals surface area contributed by atoms with Gasteiger partial charge in [0.15, 0.2) is 0 Å². The van der Waals surface area contributed by atoms with Crippen molar-refractivity contribution in [2.75, 3.05) is 25.0 Å². The minimum Gasteiger partial charge on any atom is -0.346 e. The van der Waals surface area contributed by atoms with Gasteiger partial charge in [-0.2, -0.15) is 0 Å². The van der Waals surface area contributed by atoms with Crippen molar-refractivity contribution in [3.63, 3.8) is 0 Å². The molecule has 1 atom stereocenters. The molecule has 0 radical (unpaired) electrons. The first-order valence-corrected chi connectivity index (χ1v) is 10.9. The van der Waals surface area contributed by atoms with Gasteiger partial charge >= 0.3 is 11.8 Å². The number of nitrogens with one attached hydrogen (secondary N) is 2. The number of aryl methyl sites for hydroxylation is 2. The maximum atomic E-state index is 12.6. The topological polar surface area (TPSA) is 61.4 Å². The van der Waals surface area contributed by atoms with Gasteiger partial charge in [0.05, 0.1) is 6.04 Å². The summed E-state index contributed by atoms with van der Waals surface area (Å²) >= 11 is 0. The second-order valence-electron chi connectivity index (χ2n) is 8.31. The zero-order chi connectivity index (χ0) is 21.8. The van der Waals surface area contributed by atoms with E-state index in [0.717, 1.165) is 37.1 Å². The molecule has 3 aromatic rings. The third kappa shape index (κ3) is 4.78. The third-order valence-corrected chi connectivity index (χ3v) is 6.06. The summed E-state index contributed by atoms with van der Waals surface area (Å²) in [5.74, 6) is -1.24. The zero-order valence-corrected chi connectivity index (χ0v) is 18.2. The lowest BCUT2D eigenvalue weighted by molar-refractivity contribution is -0.136. The molecular formula is C26H29N3O2. The molecule has 5 nitrogen and oxygen atoms in total. The molecule has 1 heterocycles. The van der Waals surface area contributed by atoms with Crippen LogP contribution in [0.5, 0.6) is 0 Å². The Kier molecular flexibility index (Phi) is 6.33.